The van der Waals surface area contributed by atoms with Gasteiger partial charge in [-0.2, -0.15) is 0 Å². The van der Waals surface area contributed by atoms with Gasteiger partial charge in [0.1, 0.15) is 0 Å². The summed E-state index contributed by atoms with van der Waals surface area (Å²) >= 11 is 0. The highest BCUT2D eigenvalue weighted by Crippen LogP contribution is 2.43. The third-order valence-corrected chi connectivity index (χ3v) is 6.78. The monoisotopic (exact) mass is 560 g/mol. The predicted octanol–water partition coefficient (Wildman–Crippen LogP) is 4.28. The Bertz CT molecular complexity index is 1360. The summed E-state index contributed by atoms with van der Waals surface area (Å²) in [5.41, 5.74) is 2.10. The number of carbonyl (C=O) groups is 3. The molecule has 0 saturated carbocycles. The fraction of sp³-hybridized carbons (Fsp3) is 0.323. The Balaban J connectivity index is 1.68. The first kappa shape index (κ1) is 29.7. The lowest BCUT2D eigenvalue weighted by molar-refractivity contribution is -0.138. The predicted molar refractivity (Wildman–Crippen MR) is 156 cm³/mol. The van der Waals surface area contributed by atoms with Crippen LogP contribution in [0.5, 0.6) is 0 Å². The summed E-state index contributed by atoms with van der Waals surface area (Å²) in [5.74, 6) is -0.957. The van der Waals surface area contributed by atoms with Crippen molar-refractivity contribution in [2.75, 3.05) is 35.3 Å². The average Bonchev–Trinajstić information content (AvgIpc) is 3.17. The Labute approximate surface area is 239 Å². The molecule has 0 saturated heterocycles. The van der Waals surface area contributed by atoms with Gasteiger partial charge in [-0.1, -0.05) is 48.0 Å². The lowest BCUT2D eigenvalue weighted by Gasteiger charge is -2.30. The maximum absolute atomic E-state index is 14.3. The number of nitrogens with zero attached hydrogens (tertiary/aromatic N) is 1. The van der Waals surface area contributed by atoms with Crippen LogP contribution in [-0.2, 0) is 31.2 Å². The number of hydrogen-bond acceptors (Lipinski definition) is 6. The number of aliphatic hydroxyl groups excluding tert-OH is 1. The number of fused-ring (bicyclic) bond motifs is 1. The van der Waals surface area contributed by atoms with E-state index in [2.05, 4.69) is 16.0 Å². The van der Waals surface area contributed by atoms with Crippen LogP contribution < -0.4 is 20.9 Å². The summed E-state index contributed by atoms with van der Waals surface area (Å²) in [4.78, 5) is 42.6. The average molecular weight is 561 g/mol. The van der Waals surface area contributed by atoms with E-state index in [1.807, 2.05) is 32.9 Å². The number of aryl methyl sites for hydroxylation is 1. The van der Waals surface area contributed by atoms with Crippen molar-refractivity contribution in [3.63, 3.8) is 0 Å². The first-order valence-corrected chi connectivity index (χ1v) is 13.6. The summed E-state index contributed by atoms with van der Waals surface area (Å²) in [6.45, 7) is 6.33. The molecule has 0 aromatic heterocycles. The van der Waals surface area contributed by atoms with E-state index in [-0.39, 0.29) is 19.6 Å². The molecule has 10 heteroatoms. The molecule has 41 heavy (non-hydrogen) atoms. The van der Waals surface area contributed by atoms with Gasteiger partial charge < -0.3 is 35.4 Å². The number of anilines is 3. The van der Waals surface area contributed by atoms with E-state index in [1.54, 1.807) is 60.7 Å². The Hall–Kier alpha value is -4.25. The maximum Gasteiger partial charge on any atom is 0.320 e. The van der Waals surface area contributed by atoms with Gasteiger partial charge in [-0.15, -0.1) is 0 Å². The zero-order valence-electron chi connectivity index (χ0n) is 23.5. The van der Waals surface area contributed by atoms with Crippen LogP contribution in [0.25, 0.3) is 0 Å². The first-order chi connectivity index (χ1) is 19.8. The molecular weight excluding hydrogens is 524 g/mol. The zero-order chi connectivity index (χ0) is 29.4. The first-order valence-electron chi connectivity index (χ1n) is 13.6. The molecule has 10 nitrogen and oxygen atoms in total. The van der Waals surface area contributed by atoms with Crippen LogP contribution in [0.2, 0.25) is 0 Å². The van der Waals surface area contributed by atoms with Crippen molar-refractivity contribution in [2.45, 2.75) is 45.6 Å². The number of benzene rings is 3. The van der Waals surface area contributed by atoms with E-state index >= 15 is 0 Å². The molecular formula is C31H36N4O6. The summed E-state index contributed by atoms with van der Waals surface area (Å²) in [7, 11) is 0. The van der Waals surface area contributed by atoms with Crippen molar-refractivity contribution in [3.05, 3.63) is 89.5 Å². The fourth-order valence-corrected chi connectivity index (χ4v) is 4.85. The SMILES string of the molecule is CCOC(CN1C(=O)C(CC(=O)Nc2ccc(CO)cc2)(NC(=O)Nc2ccc(C)cc2)c2ccccc21)OCC. The number of amides is 4. The van der Waals surface area contributed by atoms with Crippen molar-refractivity contribution < 1.29 is 29.0 Å². The molecule has 0 spiro atoms. The van der Waals surface area contributed by atoms with Crippen molar-refractivity contribution in [3.8, 4) is 0 Å². The molecule has 4 N–H and O–H groups in total. The minimum absolute atomic E-state index is 0.0742. The van der Waals surface area contributed by atoms with E-state index < -0.39 is 29.7 Å². The van der Waals surface area contributed by atoms with Crippen LogP contribution >= 0.6 is 0 Å². The molecule has 3 aromatic rings. The summed E-state index contributed by atoms with van der Waals surface area (Å²) in [6.07, 6.45) is -1.06. The standard InChI is InChI=1S/C31H36N4O6/c1-4-40-28(41-5-2)19-35-26-9-7-6-8-25(26)31(29(35)38,34-30(39)33-24-14-10-21(3)11-15-24)18-27(37)32-23-16-12-22(20-36)13-17-23/h6-17,28,36H,4-5,18-20H2,1-3H3,(H,32,37)(H2,33,34,39). The third kappa shape index (κ3) is 6.91. The second kappa shape index (κ2) is 13.4. The summed E-state index contributed by atoms with van der Waals surface area (Å²) in [6, 6.07) is 20.4. The molecule has 0 bridgehead atoms. The molecule has 4 amide bonds. The number of nitrogens with one attached hydrogen (secondary N) is 3. The maximum atomic E-state index is 14.3. The Morgan fingerprint density at radius 3 is 2.15 bits per heavy atom. The molecule has 1 aliphatic rings. The number of aliphatic hydroxyl groups is 1. The topological polar surface area (TPSA) is 129 Å². The van der Waals surface area contributed by atoms with E-state index in [0.717, 1.165) is 5.56 Å². The Morgan fingerprint density at radius 2 is 1.51 bits per heavy atom. The highest BCUT2D eigenvalue weighted by atomic mass is 16.7. The molecule has 1 heterocycles. The van der Waals surface area contributed by atoms with Crippen LogP contribution in [0.3, 0.4) is 0 Å². The van der Waals surface area contributed by atoms with Crippen LogP contribution in [0, 0.1) is 6.92 Å². The van der Waals surface area contributed by atoms with Gasteiger partial charge in [0.05, 0.1) is 25.3 Å². The lowest BCUT2D eigenvalue weighted by Crippen LogP contribution is -2.56. The minimum Gasteiger partial charge on any atom is -0.392 e. The molecule has 216 valence electrons. The van der Waals surface area contributed by atoms with Crippen molar-refractivity contribution >= 4 is 34.9 Å². The van der Waals surface area contributed by atoms with Crippen molar-refractivity contribution in [1.82, 2.24) is 5.32 Å². The Kier molecular flexibility index (Phi) is 9.72. The van der Waals surface area contributed by atoms with Gasteiger partial charge in [-0.3, -0.25) is 9.59 Å². The molecule has 1 aliphatic heterocycles. The number of rotatable bonds is 12. The van der Waals surface area contributed by atoms with Gasteiger partial charge in [-0.25, -0.2) is 4.79 Å². The smallest absolute Gasteiger partial charge is 0.320 e. The minimum atomic E-state index is -1.70. The van der Waals surface area contributed by atoms with E-state index in [4.69, 9.17) is 9.47 Å². The van der Waals surface area contributed by atoms with Gasteiger partial charge in [-0.05, 0) is 56.7 Å². The highest BCUT2D eigenvalue weighted by Gasteiger charge is 2.53. The number of ether oxygens (including phenoxy) is 2. The second-order valence-electron chi connectivity index (χ2n) is 9.70. The van der Waals surface area contributed by atoms with Crippen LogP contribution in [0.15, 0.2) is 72.8 Å². The zero-order valence-corrected chi connectivity index (χ0v) is 23.5. The summed E-state index contributed by atoms with van der Waals surface area (Å²) < 4.78 is 11.4. The fourth-order valence-electron chi connectivity index (χ4n) is 4.85. The van der Waals surface area contributed by atoms with Gasteiger partial charge in [0.2, 0.25) is 5.91 Å². The highest BCUT2D eigenvalue weighted by molar-refractivity contribution is 6.12. The van der Waals surface area contributed by atoms with E-state index in [0.29, 0.717) is 41.4 Å². The number of urea groups is 1. The molecule has 3 aromatic carbocycles. The van der Waals surface area contributed by atoms with Gasteiger partial charge >= 0.3 is 6.03 Å². The van der Waals surface area contributed by atoms with E-state index in [1.165, 1.54) is 4.90 Å². The molecule has 0 aliphatic carbocycles. The van der Waals surface area contributed by atoms with E-state index in [9.17, 15) is 19.5 Å². The number of hydrogen-bond donors (Lipinski definition) is 4. The third-order valence-electron chi connectivity index (χ3n) is 6.78. The second-order valence-corrected chi connectivity index (χ2v) is 9.70. The van der Waals surface area contributed by atoms with Gasteiger partial charge in [0, 0.05) is 30.2 Å². The Morgan fingerprint density at radius 1 is 0.902 bits per heavy atom. The number of para-hydroxylation sites is 1. The van der Waals surface area contributed by atoms with Crippen molar-refractivity contribution in [2.24, 2.45) is 0 Å². The molecule has 0 radical (unpaired) electrons. The molecule has 4 rings (SSSR count). The summed E-state index contributed by atoms with van der Waals surface area (Å²) in [5, 5.41) is 17.8. The van der Waals surface area contributed by atoms with Crippen LogP contribution in [0.1, 0.15) is 37.0 Å². The number of carbonyl (C=O) groups excluding carboxylic acids is 3. The molecule has 0 fully saturated rings. The quantitative estimate of drug-likeness (QED) is 0.245. The van der Waals surface area contributed by atoms with Crippen LogP contribution in [0.4, 0.5) is 21.9 Å². The largest absolute Gasteiger partial charge is 0.392 e. The van der Waals surface area contributed by atoms with Gasteiger partial charge in [0.25, 0.3) is 5.91 Å². The van der Waals surface area contributed by atoms with Crippen LogP contribution in [-0.4, -0.2) is 49.0 Å². The molecule has 1 unspecified atom stereocenters. The molecule has 1 atom stereocenters. The normalized spacial score (nSPS) is 16.0. The van der Waals surface area contributed by atoms with Gasteiger partial charge in [0.15, 0.2) is 11.8 Å². The lowest BCUT2D eigenvalue weighted by atomic mass is 9.87. The van der Waals surface area contributed by atoms with Crippen molar-refractivity contribution in [1.29, 1.82) is 0 Å².